The number of Topliss-reactive ketones (excluding diaryl/α,β-unsaturated/α-hetero) is 1. The Morgan fingerprint density at radius 1 is 1.39 bits per heavy atom. The number of rotatable bonds is 6. The summed E-state index contributed by atoms with van der Waals surface area (Å²) in [6.45, 7) is 4.45. The molecule has 0 saturated heterocycles. The summed E-state index contributed by atoms with van der Waals surface area (Å²) < 4.78 is 6.56. The monoisotopic (exact) mass is 263 g/mol. The minimum absolute atomic E-state index is 0.124. The second-order valence-electron chi connectivity index (χ2n) is 4.07. The number of para-hydroxylation sites is 1. The highest BCUT2D eigenvalue weighted by Gasteiger charge is 2.18. The van der Waals surface area contributed by atoms with E-state index in [1.54, 1.807) is 11.3 Å². The van der Waals surface area contributed by atoms with Crippen LogP contribution in [0.15, 0.2) is 24.3 Å². The van der Waals surface area contributed by atoms with Gasteiger partial charge in [-0.2, -0.15) is 0 Å². The maximum atomic E-state index is 12.1. The zero-order valence-electron chi connectivity index (χ0n) is 10.7. The predicted molar refractivity (Wildman–Crippen MR) is 74.0 cm³/mol. The molecule has 0 fully saturated rings. The van der Waals surface area contributed by atoms with Crippen LogP contribution >= 0.6 is 11.3 Å². The molecule has 18 heavy (non-hydrogen) atoms. The van der Waals surface area contributed by atoms with Crippen LogP contribution in [0.2, 0.25) is 0 Å². The van der Waals surface area contributed by atoms with Gasteiger partial charge in [0.2, 0.25) is 0 Å². The number of ether oxygens (including phenoxy) is 1. The van der Waals surface area contributed by atoms with Crippen LogP contribution in [0.5, 0.6) is 0 Å². The number of hydrogen-bond donors (Lipinski definition) is 0. The van der Waals surface area contributed by atoms with E-state index in [1.807, 2.05) is 38.1 Å². The van der Waals surface area contributed by atoms with Crippen molar-refractivity contribution in [1.82, 2.24) is 4.98 Å². The number of carbonyl (C=O) groups excluding carboxylic acids is 1. The van der Waals surface area contributed by atoms with E-state index >= 15 is 0 Å². The molecule has 0 aliphatic rings. The Morgan fingerprint density at radius 3 is 2.83 bits per heavy atom. The zero-order valence-corrected chi connectivity index (χ0v) is 11.5. The van der Waals surface area contributed by atoms with Gasteiger partial charge in [0.25, 0.3) is 0 Å². The molecular weight excluding hydrogens is 246 g/mol. The molecular formula is C14H17NO2S. The maximum absolute atomic E-state index is 12.1. The van der Waals surface area contributed by atoms with Crippen LogP contribution in [0, 0.1) is 0 Å². The first kappa shape index (κ1) is 13.2. The molecule has 3 nitrogen and oxygen atoms in total. The summed E-state index contributed by atoms with van der Waals surface area (Å²) in [5.41, 5.74) is 0.967. The maximum Gasteiger partial charge on any atom is 0.168 e. The minimum Gasteiger partial charge on any atom is -0.371 e. The lowest BCUT2D eigenvalue weighted by atomic mass is 10.1. The molecule has 96 valence electrons. The molecule has 0 amide bonds. The van der Waals surface area contributed by atoms with Crippen LogP contribution in [-0.4, -0.2) is 23.5 Å². The first-order chi connectivity index (χ1) is 8.74. The number of hydrogen-bond acceptors (Lipinski definition) is 4. The van der Waals surface area contributed by atoms with Gasteiger partial charge in [0.05, 0.1) is 16.6 Å². The molecule has 0 radical (unpaired) electrons. The van der Waals surface area contributed by atoms with Crippen LogP contribution in [0.4, 0.5) is 0 Å². The molecule has 1 aromatic heterocycles. The summed E-state index contributed by atoms with van der Waals surface area (Å²) in [6.07, 6.45) is 0.803. The molecule has 1 unspecified atom stereocenters. The van der Waals surface area contributed by atoms with E-state index in [2.05, 4.69) is 4.98 Å². The normalized spacial score (nSPS) is 12.8. The Morgan fingerprint density at radius 2 is 2.17 bits per heavy atom. The second-order valence-corrected chi connectivity index (χ2v) is 5.19. The quantitative estimate of drug-likeness (QED) is 0.803. The molecule has 0 spiro atoms. The Balaban J connectivity index is 2.10. The highest BCUT2D eigenvalue weighted by atomic mass is 32.1. The van der Waals surface area contributed by atoms with Gasteiger partial charge >= 0.3 is 0 Å². The molecule has 1 atom stereocenters. The van der Waals surface area contributed by atoms with E-state index in [4.69, 9.17) is 4.74 Å². The fraction of sp³-hybridized carbons (Fsp3) is 0.429. The van der Waals surface area contributed by atoms with Gasteiger partial charge in [0, 0.05) is 6.61 Å². The lowest BCUT2D eigenvalue weighted by molar-refractivity contribution is -0.129. The van der Waals surface area contributed by atoms with Crippen LogP contribution < -0.4 is 0 Å². The molecule has 0 aliphatic carbocycles. The van der Waals surface area contributed by atoms with Gasteiger partial charge in [-0.05, 0) is 25.5 Å². The van der Waals surface area contributed by atoms with Gasteiger partial charge < -0.3 is 4.74 Å². The Kier molecular flexibility index (Phi) is 4.44. The summed E-state index contributed by atoms with van der Waals surface area (Å²) in [6, 6.07) is 7.95. The van der Waals surface area contributed by atoms with Crippen molar-refractivity contribution in [2.75, 3.05) is 6.61 Å². The molecule has 4 heteroatoms. The van der Waals surface area contributed by atoms with E-state index in [9.17, 15) is 4.79 Å². The summed E-state index contributed by atoms with van der Waals surface area (Å²) in [5, 5.41) is 0.874. The van der Waals surface area contributed by atoms with Gasteiger partial charge in [-0.25, -0.2) is 4.98 Å². The average Bonchev–Trinajstić information content (AvgIpc) is 2.77. The van der Waals surface area contributed by atoms with Crippen molar-refractivity contribution >= 4 is 27.3 Å². The lowest BCUT2D eigenvalue weighted by Crippen LogP contribution is -2.25. The highest BCUT2D eigenvalue weighted by Crippen LogP contribution is 2.22. The largest absolute Gasteiger partial charge is 0.371 e. The highest BCUT2D eigenvalue weighted by molar-refractivity contribution is 7.18. The average molecular weight is 263 g/mol. The summed E-state index contributed by atoms with van der Waals surface area (Å²) >= 11 is 1.58. The van der Waals surface area contributed by atoms with Gasteiger partial charge in [-0.15, -0.1) is 11.3 Å². The van der Waals surface area contributed by atoms with E-state index in [1.165, 1.54) is 0 Å². The zero-order chi connectivity index (χ0) is 13.0. The van der Waals surface area contributed by atoms with Crippen molar-refractivity contribution < 1.29 is 9.53 Å². The van der Waals surface area contributed by atoms with E-state index in [-0.39, 0.29) is 11.9 Å². The van der Waals surface area contributed by atoms with E-state index in [0.29, 0.717) is 13.0 Å². The molecule has 0 saturated carbocycles. The fourth-order valence-electron chi connectivity index (χ4n) is 1.90. The Bertz CT molecular complexity index is 502. The van der Waals surface area contributed by atoms with Crippen LogP contribution in [0.3, 0.4) is 0 Å². The fourth-order valence-corrected chi connectivity index (χ4v) is 2.88. The number of nitrogens with zero attached hydrogens (tertiary/aromatic N) is 1. The molecule has 1 heterocycles. The summed E-state index contributed by atoms with van der Waals surface area (Å²) in [5.74, 6) is 0.124. The third kappa shape index (κ3) is 2.94. The van der Waals surface area contributed by atoms with Gasteiger partial charge in [0.15, 0.2) is 5.78 Å². The topological polar surface area (TPSA) is 39.2 Å². The molecule has 0 bridgehead atoms. The van der Waals surface area contributed by atoms with Crippen LogP contribution in [-0.2, 0) is 16.0 Å². The molecule has 2 rings (SSSR count). The number of fused-ring (bicyclic) bond motifs is 1. The first-order valence-corrected chi connectivity index (χ1v) is 7.05. The predicted octanol–water partition coefficient (Wildman–Crippen LogP) is 3.22. The van der Waals surface area contributed by atoms with Crippen LogP contribution in [0.25, 0.3) is 10.2 Å². The van der Waals surface area contributed by atoms with Crippen molar-refractivity contribution in [1.29, 1.82) is 0 Å². The molecule has 1 aromatic carbocycles. The van der Waals surface area contributed by atoms with Crippen molar-refractivity contribution in [3.8, 4) is 0 Å². The third-order valence-corrected chi connectivity index (χ3v) is 3.80. The number of ketones is 1. The summed E-state index contributed by atoms with van der Waals surface area (Å²) in [7, 11) is 0. The number of aromatic nitrogens is 1. The third-order valence-electron chi connectivity index (χ3n) is 2.76. The standard InChI is InChI=1S/C14H17NO2S/c1-3-12(17-4-2)11(16)9-14-15-10-7-5-6-8-13(10)18-14/h5-8,12H,3-4,9H2,1-2H3. The second kappa shape index (κ2) is 6.07. The van der Waals surface area contributed by atoms with Gasteiger partial charge in [0.1, 0.15) is 11.1 Å². The first-order valence-electron chi connectivity index (χ1n) is 6.23. The Hall–Kier alpha value is -1.26. The van der Waals surface area contributed by atoms with Crippen molar-refractivity contribution in [3.63, 3.8) is 0 Å². The van der Waals surface area contributed by atoms with Crippen molar-refractivity contribution in [2.24, 2.45) is 0 Å². The van der Waals surface area contributed by atoms with E-state index in [0.717, 1.165) is 21.6 Å². The Labute approximate surface area is 111 Å². The smallest absolute Gasteiger partial charge is 0.168 e. The molecule has 0 aliphatic heterocycles. The number of carbonyl (C=O) groups is 1. The SMILES string of the molecule is CCOC(CC)C(=O)Cc1nc2ccccc2s1. The summed E-state index contributed by atoms with van der Waals surface area (Å²) in [4.78, 5) is 16.5. The molecule has 0 N–H and O–H groups in total. The van der Waals surface area contributed by atoms with Crippen molar-refractivity contribution in [3.05, 3.63) is 29.3 Å². The minimum atomic E-state index is -0.290. The number of thiazole rings is 1. The number of benzene rings is 1. The van der Waals surface area contributed by atoms with Crippen LogP contribution in [0.1, 0.15) is 25.3 Å². The molecule has 2 aromatic rings. The van der Waals surface area contributed by atoms with Gasteiger partial charge in [-0.3, -0.25) is 4.79 Å². The van der Waals surface area contributed by atoms with E-state index < -0.39 is 0 Å². The van der Waals surface area contributed by atoms with Crippen molar-refractivity contribution in [2.45, 2.75) is 32.8 Å². The van der Waals surface area contributed by atoms with Gasteiger partial charge in [-0.1, -0.05) is 19.1 Å². The lowest BCUT2D eigenvalue weighted by Gasteiger charge is -2.12.